The van der Waals surface area contributed by atoms with Crippen LogP contribution in [-0.4, -0.2) is 56.8 Å². The molecule has 1 amide bonds. The van der Waals surface area contributed by atoms with E-state index in [4.69, 9.17) is 4.74 Å². The highest BCUT2D eigenvalue weighted by molar-refractivity contribution is 7.88. The van der Waals surface area contributed by atoms with Crippen LogP contribution in [0.4, 0.5) is 4.39 Å². The van der Waals surface area contributed by atoms with Gasteiger partial charge in [0.1, 0.15) is 5.82 Å². The first-order valence-corrected chi connectivity index (χ1v) is 9.65. The van der Waals surface area contributed by atoms with Gasteiger partial charge in [0, 0.05) is 20.7 Å². The lowest BCUT2D eigenvalue weighted by atomic mass is 10.3. The molecule has 0 saturated heterocycles. The second-order valence-electron chi connectivity index (χ2n) is 5.17. The van der Waals surface area contributed by atoms with E-state index < -0.39 is 15.9 Å². The van der Waals surface area contributed by atoms with Crippen LogP contribution in [0, 0.1) is 5.82 Å². The number of ether oxygens (including phenoxy) is 1. The Morgan fingerprint density at radius 2 is 2.17 bits per heavy atom. The fraction of sp³-hybridized carbons (Fsp3) is 0.429. The molecule has 0 aliphatic heterocycles. The summed E-state index contributed by atoms with van der Waals surface area (Å²) in [6.07, 6.45) is 1.02. The van der Waals surface area contributed by atoms with Gasteiger partial charge < -0.3 is 9.30 Å². The summed E-state index contributed by atoms with van der Waals surface area (Å²) in [7, 11) is -0.604. The molecule has 0 spiro atoms. The van der Waals surface area contributed by atoms with Crippen LogP contribution in [0.5, 0.6) is 0 Å². The minimum atomic E-state index is -3.47. The van der Waals surface area contributed by atoms with Gasteiger partial charge in [-0.2, -0.15) is 9.30 Å². The van der Waals surface area contributed by atoms with Crippen LogP contribution in [0.15, 0.2) is 23.2 Å². The van der Waals surface area contributed by atoms with Crippen molar-refractivity contribution in [1.82, 2.24) is 8.87 Å². The Hall–Kier alpha value is -1.62. The highest BCUT2D eigenvalue weighted by atomic mass is 32.2. The summed E-state index contributed by atoms with van der Waals surface area (Å²) < 4.78 is 44.5. The number of hydrogen-bond donors (Lipinski definition) is 0. The first-order chi connectivity index (χ1) is 11.2. The number of rotatable bonds is 6. The summed E-state index contributed by atoms with van der Waals surface area (Å²) in [6, 6.07) is 4.32. The molecular formula is C14H18FN3O4S2. The van der Waals surface area contributed by atoms with Crippen molar-refractivity contribution in [3.63, 3.8) is 0 Å². The number of halogens is 1. The molecule has 24 heavy (non-hydrogen) atoms. The van der Waals surface area contributed by atoms with E-state index in [2.05, 4.69) is 4.99 Å². The fourth-order valence-electron chi connectivity index (χ4n) is 1.98. The van der Waals surface area contributed by atoms with Crippen molar-refractivity contribution in [3.05, 3.63) is 28.8 Å². The molecule has 132 valence electrons. The Morgan fingerprint density at radius 1 is 1.46 bits per heavy atom. The number of aromatic nitrogens is 1. The molecule has 2 rings (SSSR count). The van der Waals surface area contributed by atoms with Crippen LogP contribution in [-0.2, 0) is 26.1 Å². The summed E-state index contributed by atoms with van der Waals surface area (Å²) in [6.45, 7) is 0.482. The maximum atomic E-state index is 13.4. The molecule has 0 bridgehead atoms. The van der Waals surface area contributed by atoms with Crippen LogP contribution in [0.3, 0.4) is 0 Å². The Balaban J connectivity index is 2.44. The van der Waals surface area contributed by atoms with Crippen molar-refractivity contribution in [2.24, 2.45) is 4.99 Å². The predicted octanol–water partition coefficient (Wildman–Crippen LogP) is 0.807. The van der Waals surface area contributed by atoms with Crippen LogP contribution in [0.1, 0.15) is 0 Å². The molecule has 0 aliphatic carbocycles. The van der Waals surface area contributed by atoms with Gasteiger partial charge in [-0.25, -0.2) is 12.8 Å². The van der Waals surface area contributed by atoms with Gasteiger partial charge in [-0.1, -0.05) is 11.3 Å². The number of hydrogen-bond acceptors (Lipinski definition) is 5. The highest BCUT2D eigenvalue weighted by Crippen LogP contribution is 2.18. The number of amides is 1. The summed E-state index contributed by atoms with van der Waals surface area (Å²) in [5.74, 6) is -0.974. The van der Waals surface area contributed by atoms with E-state index in [1.54, 1.807) is 17.7 Å². The number of sulfonamides is 1. The number of benzene rings is 1. The first kappa shape index (κ1) is 18.7. The maximum absolute atomic E-state index is 13.4. The largest absolute Gasteiger partial charge is 0.383 e. The van der Waals surface area contributed by atoms with Crippen molar-refractivity contribution >= 4 is 37.5 Å². The number of fused-ring (bicyclic) bond motifs is 1. The molecular weight excluding hydrogens is 357 g/mol. The molecule has 0 unspecified atom stereocenters. The third-order valence-corrected chi connectivity index (χ3v) is 5.61. The normalized spacial score (nSPS) is 13.1. The van der Waals surface area contributed by atoms with Gasteiger partial charge in [0.2, 0.25) is 10.0 Å². The Bertz CT molecular complexity index is 918. The first-order valence-electron chi connectivity index (χ1n) is 6.99. The standard InChI is InChI=1S/C14H18FN3O4S2/c1-17(24(3,20)21)9-13(19)16-14-18(6-7-22-2)11-5-4-10(15)8-12(11)23-14/h4-5,8H,6-7,9H2,1-3H3. The Labute approximate surface area is 143 Å². The average molecular weight is 375 g/mol. The van der Waals surface area contributed by atoms with Crippen molar-refractivity contribution in [2.75, 3.05) is 33.6 Å². The van der Waals surface area contributed by atoms with E-state index in [0.29, 0.717) is 22.7 Å². The van der Waals surface area contributed by atoms with Gasteiger partial charge in [0.15, 0.2) is 4.80 Å². The van der Waals surface area contributed by atoms with Gasteiger partial charge >= 0.3 is 0 Å². The van der Waals surface area contributed by atoms with Gasteiger partial charge in [-0.15, -0.1) is 0 Å². The second kappa shape index (κ2) is 7.51. The lowest BCUT2D eigenvalue weighted by molar-refractivity contribution is -0.118. The number of methoxy groups -OCH3 is 1. The molecule has 0 radical (unpaired) electrons. The minimum absolute atomic E-state index is 0.355. The Morgan fingerprint density at radius 3 is 2.79 bits per heavy atom. The lowest BCUT2D eigenvalue weighted by Crippen LogP contribution is -2.31. The zero-order chi connectivity index (χ0) is 17.9. The van der Waals surface area contributed by atoms with E-state index in [9.17, 15) is 17.6 Å². The fourth-order valence-corrected chi connectivity index (χ4v) is 3.42. The number of carbonyl (C=O) groups is 1. The zero-order valence-electron chi connectivity index (χ0n) is 13.5. The van der Waals surface area contributed by atoms with E-state index in [1.807, 2.05) is 0 Å². The van der Waals surface area contributed by atoms with Crippen molar-refractivity contribution in [3.8, 4) is 0 Å². The summed E-state index contributed by atoms with van der Waals surface area (Å²) in [4.78, 5) is 16.4. The molecule has 1 aromatic carbocycles. The van der Waals surface area contributed by atoms with E-state index >= 15 is 0 Å². The molecule has 1 heterocycles. The van der Waals surface area contributed by atoms with Crippen molar-refractivity contribution in [2.45, 2.75) is 6.54 Å². The van der Waals surface area contributed by atoms with Gasteiger partial charge in [0.05, 0.1) is 29.6 Å². The quantitative estimate of drug-likeness (QED) is 0.748. The zero-order valence-corrected chi connectivity index (χ0v) is 15.2. The SMILES string of the molecule is COCCn1c(=NC(=O)CN(C)S(C)(=O)=O)sc2cc(F)ccc21. The smallest absolute Gasteiger partial charge is 0.263 e. The Kier molecular flexibility index (Phi) is 5.86. The molecule has 7 nitrogen and oxygen atoms in total. The van der Waals surface area contributed by atoms with E-state index in [1.165, 1.54) is 19.2 Å². The molecule has 0 saturated carbocycles. The molecule has 0 fully saturated rings. The van der Waals surface area contributed by atoms with Crippen molar-refractivity contribution < 1.29 is 22.3 Å². The molecule has 0 atom stereocenters. The minimum Gasteiger partial charge on any atom is -0.383 e. The number of nitrogens with zero attached hydrogens (tertiary/aromatic N) is 3. The number of carbonyl (C=O) groups excluding carboxylic acids is 1. The maximum Gasteiger partial charge on any atom is 0.263 e. The predicted molar refractivity (Wildman–Crippen MR) is 89.7 cm³/mol. The summed E-state index contributed by atoms with van der Waals surface area (Å²) in [5.41, 5.74) is 0.737. The number of thiazole rings is 1. The van der Waals surface area contributed by atoms with Gasteiger partial charge in [0.25, 0.3) is 5.91 Å². The van der Waals surface area contributed by atoms with Gasteiger partial charge in [-0.3, -0.25) is 4.79 Å². The third kappa shape index (κ3) is 4.47. The van der Waals surface area contributed by atoms with Crippen molar-refractivity contribution in [1.29, 1.82) is 0 Å². The van der Waals surface area contributed by atoms with Crippen LogP contribution in [0.2, 0.25) is 0 Å². The monoisotopic (exact) mass is 375 g/mol. The summed E-state index contributed by atoms with van der Waals surface area (Å²) in [5, 5.41) is 0. The summed E-state index contributed by atoms with van der Waals surface area (Å²) >= 11 is 1.16. The van der Waals surface area contributed by atoms with E-state index in [0.717, 1.165) is 27.4 Å². The highest BCUT2D eigenvalue weighted by Gasteiger charge is 2.15. The molecule has 1 aromatic heterocycles. The third-order valence-electron chi connectivity index (χ3n) is 3.31. The lowest BCUT2D eigenvalue weighted by Gasteiger charge is -2.10. The molecule has 10 heteroatoms. The van der Waals surface area contributed by atoms with Crippen LogP contribution < -0.4 is 4.80 Å². The molecule has 0 N–H and O–H groups in total. The van der Waals surface area contributed by atoms with Crippen LogP contribution in [0.25, 0.3) is 10.2 Å². The average Bonchev–Trinajstić information content (AvgIpc) is 2.80. The van der Waals surface area contributed by atoms with Gasteiger partial charge in [-0.05, 0) is 18.2 Å². The number of likely N-dealkylation sites (N-methyl/N-ethyl adjacent to an activating group) is 1. The molecule has 2 aromatic rings. The molecule has 0 aliphatic rings. The topological polar surface area (TPSA) is 81.0 Å². The van der Waals surface area contributed by atoms with Crippen LogP contribution >= 0.6 is 11.3 Å². The second-order valence-corrected chi connectivity index (χ2v) is 8.26. The van der Waals surface area contributed by atoms with E-state index in [-0.39, 0.29) is 12.4 Å².